The summed E-state index contributed by atoms with van der Waals surface area (Å²) in [5.41, 5.74) is 1.31. The fourth-order valence-corrected chi connectivity index (χ4v) is 3.41. The molecule has 2 rings (SSSR count). The maximum Gasteiger partial charge on any atom is 0.233 e. The van der Waals surface area contributed by atoms with Gasteiger partial charge in [0.25, 0.3) is 0 Å². The van der Waals surface area contributed by atoms with Crippen molar-refractivity contribution in [1.82, 2.24) is 20.9 Å². The van der Waals surface area contributed by atoms with Gasteiger partial charge in [-0.2, -0.15) is 0 Å². The van der Waals surface area contributed by atoms with Crippen LogP contribution in [0.15, 0.2) is 29.3 Å². The van der Waals surface area contributed by atoms with E-state index in [1.165, 1.54) is 5.56 Å². The van der Waals surface area contributed by atoms with Gasteiger partial charge in [0.1, 0.15) is 5.75 Å². The zero-order chi connectivity index (χ0) is 20.4. The molecule has 3 N–H and O–H groups in total. The van der Waals surface area contributed by atoms with E-state index in [4.69, 9.17) is 4.74 Å². The van der Waals surface area contributed by atoms with Gasteiger partial charge in [-0.25, -0.2) is 0 Å². The first-order valence-corrected chi connectivity index (χ1v) is 10.1. The second kappa shape index (κ2) is 13.6. The number of piperidine rings is 1. The number of hydrogen-bond acceptors (Lipinski definition) is 4. The van der Waals surface area contributed by atoms with E-state index in [0.29, 0.717) is 18.5 Å². The van der Waals surface area contributed by atoms with Crippen LogP contribution in [0.25, 0.3) is 0 Å². The van der Waals surface area contributed by atoms with Gasteiger partial charge in [0.05, 0.1) is 13.7 Å². The van der Waals surface area contributed by atoms with Gasteiger partial charge >= 0.3 is 0 Å². The Morgan fingerprint density at radius 2 is 1.93 bits per heavy atom. The van der Waals surface area contributed by atoms with Crippen molar-refractivity contribution in [2.24, 2.45) is 4.99 Å². The molecule has 29 heavy (non-hydrogen) atoms. The quantitative estimate of drug-likeness (QED) is 0.280. The number of nitrogens with zero attached hydrogens (tertiary/aromatic N) is 2. The van der Waals surface area contributed by atoms with Gasteiger partial charge in [-0.1, -0.05) is 19.1 Å². The first-order chi connectivity index (χ1) is 13.5. The van der Waals surface area contributed by atoms with Gasteiger partial charge in [0, 0.05) is 39.8 Å². The van der Waals surface area contributed by atoms with Crippen molar-refractivity contribution >= 4 is 35.8 Å². The fourth-order valence-electron chi connectivity index (χ4n) is 3.41. The summed E-state index contributed by atoms with van der Waals surface area (Å²) in [5, 5.41) is 9.63. The fraction of sp³-hybridized carbons (Fsp3) is 0.619. The molecule has 1 atom stereocenters. The number of hydrogen-bond donors (Lipinski definition) is 3. The molecule has 1 aliphatic rings. The minimum atomic E-state index is 0. The summed E-state index contributed by atoms with van der Waals surface area (Å²) < 4.78 is 5.22. The topological polar surface area (TPSA) is 78.0 Å². The van der Waals surface area contributed by atoms with Crippen molar-refractivity contribution in [3.05, 3.63) is 29.8 Å². The summed E-state index contributed by atoms with van der Waals surface area (Å²) in [6.07, 6.45) is 3.05. The molecular weight excluding hydrogens is 481 g/mol. The van der Waals surface area contributed by atoms with Crippen molar-refractivity contribution in [1.29, 1.82) is 0 Å². The number of methoxy groups -OCH3 is 1. The predicted octanol–water partition coefficient (Wildman–Crippen LogP) is 2.18. The van der Waals surface area contributed by atoms with Crippen LogP contribution in [-0.4, -0.2) is 70.2 Å². The third-order valence-corrected chi connectivity index (χ3v) is 5.35. The van der Waals surface area contributed by atoms with Crippen molar-refractivity contribution in [2.45, 2.75) is 38.1 Å². The Kier molecular flexibility index (Phi) is 12.0. The molecule has 0 aromatic heterocycles. The standard InChI is InChI=1S/C21H35N5O2.HI/c1-16(17-5-7-19(28-4)8-6-17)9-12-24-21(23-3)25-18-10-13-26(14-11-18)15-20(27)22-2;/h5-8,16,18H,9-15H2,1-4H3,(H,22,27)(H2,23,24,25);1H. The SMILES string of the molecule is CN=C(NCCC(C)c1ccc(OC)cc1)NC1CCN(CC(=O)NC)CC1.I. The van der Waals surface area contributed by atoms with Gasteiger partial charge in [0.15, 0.2) is 5.96 Å². The first-order valence-electron chi connectivity index (χ1n) is 10.1. The Labute approximate surface area is 192 Å². The van der Waals surface area contributed by atoms with E-state index in [-0.39, 0.29) is 29.9 Å². The van der Waals surface area contributed by atoms with E-state index in [1.54, 1.807) is 14.2 Å². The first kappa shape index (κ1) is 25.5. The van der Waals surface area contributed by atoms with Gasteiger partial charge in [-0.3, -0.25) is 14.7 Å². The highest BCUT2D eigenvalue weighted by Crippen LogP contribution is 2.21. The van der Waals surface area contributed by atoms with Gasteiger partial charge in [-0.05, 0) is 42.9 Å². The second-order valence-corrected chi connectivity index (χ2v) is 7.33. The minimum Gasteiger partial charge on any atom is -0.497 e. The van der Waals surface area contributed by atoms with E-state index in [2.05, 4.69) is 44.9 Å². The number of guanidine groups is 1. The average molecular weight is 517 g/mol. The molecule has 1 amide bonds. The largest absolute Gasteiger partial charge is 0.497 e. The summed E-state index contributed by atoms with van der Waals surface area (Å²) in [4.78, 5) is 18.0. The van der Waals surface area contributed by atoms with Crippen LogP contribution >= 0.6 is 24.0 Å². The number of aliphatic imine (C=N–C) groups is 1. The maximum atomic E-state index is 11.5. The molecule has 164 valence electrons. The molecule has 1 heterocycles. The van der Waals surface area contributed by atoms with Crippen molar-refractivity contribution in [3.8, 4) is 5.75 Å². The average Bonchev–Trinajstić information content (AvgIpc) is 2.74. The number of carbonyl (C=O) groups excluding carboxylic acids is 1. The Balaban J connectivity index is 0.00000420. The second-order valence-electron chi connectivity index (χ2n) is 7.33. The molecule has 0 radical (unpaired) electrons. The van der Waals surface area contributed by atoms with Crippen LogP contribution in [-0.2, 0) is 4.79 Å². The smallest absolute Gasteiger partial charge is 0.233 e. The van der Waals surface area contributed by atoms with Crippen LogP contribution in [0.4, 0.5) is 0 Å². The molecule has 0 aliphatic carbocycles. The number of likely N-dealkylation sites (tertiary alicyclic amines) is 1. The lowest BCUT2D eigenvalue weighted by atomic mass is 9.98. The lowest BCUT2D eigenvalue weighted by molar-refractivity contribution is -0.122. The minimum absolute atomic E-state index is 0. The number of ether oxygens (including phenoxy) is 1. The molecule has 1 fully saturated rings. The number of rotatable bonds is 8. The summed E-state index contributed by atoms with van der Waals surface area (Å²) in [5.74, 6) is 2.28. The van der Waals surface area contributed by atoms with Crippen molar-refractivity contribution in [3.63, 3.8) is 0 Å². The zero-order valence-corrected chi connectivity index (χ0v) is 20.4. The number of halogens is 1. The molecule has 7 nitrogen and oxygen atoms in total. The number of carbonyl (C=O) groups is 1. The molecule has 1 aliphatic heterocycles. The number of benzene rings is 1. The van der Waals surface area contributed by atoms with Crippen molar-refractivity contribution < 1.29 is 9.53 Å². The summed E-state index contributed by atoms with van der Waals surface area (Å²) >= 11 is 0. The van der Waals surface area contributed by atoms with Gasteiger partial charge in [-0.15, -0.1) is 24.0 Å². The third-order valence-electron chi connectivity index (χ3n) is 5.35. The number of likely N-dealkylation sites (N-methyl/N-ethyl adjacent to an activating group) is 1. The van der Waals surface area contributed by atoms with Gasteiger partial charge < -0.3 is 20.7 Å². The summed E-state index contributed by atoms with van der Waals surface area (Å²) in [6.45, 7) is 5.44. The number of amides is 1. The monoisotopic (exact) mass is 517 g/mol. The van der Waals surface area contributed by atoms with Crippen LogP contribution in [0.1, 0.15) is 37.7 Å². The van der Waals surface area contributed by atoms with Crippen LogP contribution < -0.4 is 20.7 Å². The molecular formula is C21H36IN5O2. The Morgan fingerprint density at radius 1 is 1.28 bits per heavy atom. The van der Waals surface area contributed by atoms with E-state index >= 15 is 0 Å². The predicted molar refractivity (Wildman–Crippen MR) is 129 cm³/mol. The highest BCUT2D eigenvalue weighted by molar-refractivity contribution is 14.0. The highest BCUT2D eigenvalue weighted by Gasteiger charge is 2.21. The third kappa shape index (κ3) is 8.77. The number of nitrogens with one attached hydrogen (secondary N) is 3. The molecule has 1 aromatic rings. The molecule has 1 saturated heterocycles. The molecule has 0 bridgehead atoms. The normalized spacial score (nSPS) is 16.5. The lowest BCUT2D eigenvalue weighted by Crippen LogP contribution is -2.50. The van der Waals surface area contributed by atoms with E-state index in [0.717, 1.165) is 50.6 Å². The van der Waals surface area contributed by atoms with E-state index < -0.39 is 0 Å². The van der Waals surface area contributed by atoms with Crippen LogP contribution in [0.5, 0.6) is 5.75 Å². The molecule has 0 saturated carbocycles. The molecule has 0 spiro atoms. The van der Waals surface area contributed by atoms with Gasteiger partial charge in [0.2, 0.25) is 5.91 Å². The van der Waals surface area contributed by atoms with Crippen LogP contribution in [0, 0.1) is 0 Å². The Bertz CT molecular complexity index is 630. The Morgan fingerprint density at radius 3 is 2.48 bits per heavy atom. The Hall–Kier alpha value is -1.55. The molecule has 1 aromatic carbocycles. The molecule has 8 heteroatoms. The van der Waals surface area contributed by atoms with E-state index in [1.807, 2.05) is 19.2 Å². The van der Waals surface area contributed by atoms with Crippen LogP contribution in [0.3, 0.4) is 0 Å². The van der Waals surface area contributed by atoms with E-state index in [9.17, 15) is 4.79 Å². The zero-order valence-electron chi connectivity index (χ0n) is 18.0. The summed E-state index contributed by atoms with van der Waals surface area (Å²) in [7, 11) is 5.18. The van der Waals surface area contributed by atoms with Crippen LogP contribution in [0.2, 0.25) is 0 Å². The summed E-state index contributed by atoms with van der Waals surface area (Å²) in [6, 6.07) is 8.67. The lowest BCUT2D eigenvalue weighted by Gasteiger charge is -2.32. The highest BCUT2D eigenvalue weighted by atomic mass is 127. The maximum absolute atomic E-state index is 11.5. The van der Waals surface area contributed by atoms with Crippen molar-refractivity contribution in [2.75, 3.05) is 47.4 Å². The molecule has 1 unspecified atom stereocenters.